The van der Waals surface area contributed by atoms with Crippen LogP contribution in [0.1, 0.15) is 45.1 Å². The van der Waals surface area contributed by atoms with Crippen LogP contribution in [0.3, 0.4) is 0 Å². The fourth-order valence-electron chi connectivity index (χ4n) is 1.90. The molecular formula is C15H24ClN. The van der Waals surface area contributed by atoms with E-state index in [4.69, 9.17) is 11.6 Å². The minimum Gasteiger partial charge on any atom is -0.372 e. The quantitative estimate of drug-likeness (QED) is 0.600. The number of alkyl halides is 1. The Balaban J connectivity index is 2.71. The van der Waals surface area contributed by atoms with Gasteiger partial charge < -0.3 is 4.90 Å². The van der Waals surface area contributed by atoms with Gasteiger partial charge >= 0.3 is 0 Å². The first-order valence-electron chi connectivity index (χ1n) is 6.71. The molecule has 0 amide bonds. The zero-order valence-electron chi connectivity index (χ0n) is 11.1. The fraction of sp³-hybridized carbons (Fsp3) is 0.600. The van der Waals surface area contributed by atoms with Gasteiger partial charge in [0.05, 0.1) is 0 Å². The zero-order valence-corrected chi connectivity index (χ0v) is 11.8. The highest BCUT2D eigenvalue weighted by Crippen LogP contribution is 2.18. The number of benzene rings is 1. The van der Waals surface area contributed by atoms with Gasteiger partial charge in [-0.1, -0.05) is 38.8 Å². The van der Waals surface area contributed by atoms with Gasteiger partial charge in [-0.2, -0.15) is 0 Å². The summed E-state index contributed by atoms with van der Waals surface area (Å²) in [5.41, 5.74) is 2.53. The Morgan fingerprint density at radius 3 is 2.24 bits per heavy atom. The van der Waals surface area contributed by atoms with Gasteiger partial charge in [0.2, 0.25) is 0 Å². The lowest BCUT2D eigenvalue weighted by Gasteiger charge is -2.25. The van der Waals surface area contributed by atoms with Gasteiger partial charge in [0, 0.05) is 24.7 Å². The van der Waals surface area contributed by atoms with Crippen molar-refractivity contribution in [3.05, 3.63) is 29.8 Å². The molecule has 0 radical (unpaired) electrons. The van der Waals surface area contributed by atoms with Crippen molar-refractivity contribution in [2.75, 3.05) is 18.0 Å². The summed E-state index contributed by atoms with van der Waals surface area (Å²) in [6.45, 7) is 6.80. The Hall–Kier alpha value is -0.690. The third-order valence-corrected chi connectivity index (χ3v) is 3.30. The van der Waals surface area contributed by atoms with E-state index in [0.717, 1.165) is 13.1 Å². The lowest BCUT2D eigenvalue weighted by molar-refractivity contribution is 0.678. The highest BCUT2D eigenvalue weighted by atomic mass is 35.5. The van der Waals surface area contributed by atoms with Crippen molar-refractivity contribution in [3.8, 4) is 0 Å². The summed E-state index contributed by atoms with van der Waals surface area (Å²) in [5.74, 6) is 0.600. The first-order chi connectivity index (χ1) is 8.31. The molecule has 0 fully saturated rings. The second kappa shape index (κ2) is 8.41. The van der Waals surface area contributed by atoms with Crippen molar-refractivity contribution in [1.29, 1.82) is 0 Å². The number of nitrogens with zero attached hydrogens (tertiary/aromatic N) is 1. The van der Waals surface area contributed by atoms with Crippen molar-refractivity contribution in [2.45, 2.75) is 45.4 Å². The number of hydrogen-bond donors (Lipinski definition) is 0. The van der Waals surface area contributed by atoms with Crippen molar-refractivity contribution >= 4 is 17.3 Å². The minimum absolute atomic E-state index is 0.600. The molecule has 0 N–H and O–H groups in total. The molecule has 0 bridgehead atoms. The summed E-state index contributed by atoms with van der Waals surface area (Å²) in [4.78, 5) is 2.49. The summed E-state index contributed by atoms with van der Waals surface area (Å²) < 4.78 is 0. The topological polar surface area (TPSA) is 3.24 Å². The van der Waals surface area contributed by atoms with E-state index in [1.165, 1.54) is 36.9 Å². The minimum atomic E-state index is 0.600. The molecule has 0 aliphatic rings. The maximum absolute atomic E-state index is 5.89. The van der Waals surface area contributed by atoms with Gasteiger partial charge in [-0.15, -0.1) is 11.6 Å². The van der Waals surface area contributed by atoms with E-state index in [2.05, 4.69) is 43.0 Å². The molecule has 0 heterocycles. The standard InChI is InChI=1S/C15H24ClN/c1-3-5-10-17(11-6-4-2)15-9-7-8-14(12-15)13-16/h7-9,12H,3-6,10-11,13H2,1-2H3. The molecule has 1 aromatic rings. The van der Waals surface area contributed by atoms with E-state index in [1.807, 2.05) is 0 Å². The Morgan fingerprint density at radius 2 is 1.71 bits per heavy atom. The van der Waals surface area contributed by atoms with Crippen molar-refractivity contribution in [2.24, 2.45) is 0 Å². The maximum atomic E-state index is 5.89. The summed E-state index contributed by atoms with van der Waals surface area (Å²) in [6.07, 6.45) is 5.01. The Morgan fingerprint density at radius 1 is 1.06 bits per heavy atom. The SMILES string of the molecule is CCCCN(CCCC)c1cccc(CCl)c1. The molecule has 96 valence electrons. The highest BCUT2D eigenvalue weighted by Gasteiger charge is 2.05. The number of rotatable bonds is 8. The van der Waals surface area contributed by atoms with E-state index in [9.17, 15) is 0 Å². The van der Waals surface area contributed by atoms with Gasteiger partial charge in [0.1, 0.15) is 0 Å². The van der Waals surface area contributed by atoms with E-state index in [-0.39, 0.29) is 0 Å². The van der Waals surface area contributed by atoms with Gasteiger partial charge in [-0.3, -0.25) is 0 Å². The van der Waals surface area contributed by atoms with Gasteiger partial charge in [0.25, 0.3) is 0 Å². The monoisotopic (exact) mass is 253 g/mol. The normalized spacial score (nSPS) is 10.5. The van der Waals surface area contributed by atoms with E-state index >= 15 is 0 Å². The van der Waals surface area contributed by atoms with Crippen molar-refractivity contribution in [3.63, 3.8) is 0 Å². The van der Waals surface area contributed by atoms with Crippen LogP contribution in [0, 0.1) is 0 Å². The second-order valence-corrected chi connectivity index (χ2v) is 4.76. The Labute approximate surface area is 111 Å². The molecule has 0 aliphatic heterocycles. The summed E-state index contributed by atoms with van der Waals surface area (Å²) in [7, 11) is 0. The molecule has 0 aromatic heterocycles. The average Bonchev–Trinajstić information content (AvgIpc) is 2.39. The zero-order chi connectivity index (χ0) is 12.5. The summed E-state index contributed by atoms with van der Waals surface area (Å²) >= 11 is 5.89. The third kappa shape index (κ3) is 4.99. The molecule has 0 saturated carbocycles. The first-order valence-corrected chi connectivity index (χ1v) is 7.25. The van der Waals surface area contributed by atoms with Gasteiger partial charge in [-0.25, -0.2) is 0 Å². The second-order valence-electron chi connectivity index (χ2n) is 4.50. The molecule has 0 unspecified atom stereocenters. The third-order valence-electron chi connectivity index (χ3n) is 2.99. The summed E-state index contributed by atoms with van der Waals surface area (Å²) in [5, 5.41) is 0. The predicted octanol–water partition coefficient (Wildman–Crippen LogP) is 4.83. The van der Waals surface area contributed by atoms with Crippen LogP contribution in [0.25, 0.3) is 0 Å². The van der Waals surface area contributed by atoms with E-state index < -0.39 is 0 Å². The molecule has 1 rings (SSSR count). The molecule has 0 aliphatic carbocycles. The lowest BCUT2D eigenvalue weighted by atomic mass is 10.2. The number of halogens is 1. The van der Waals surface area contributed by atoms with Crippen LogP contribution in [0.15, 0.2) is 24.3 Å². The molecule has 0 saturated heterocycles. The van der Waals surface area contributed by atoms with Gasteiger partial charge in [-0.05, 0) is 30.5 Å². The molecule has 0 atom stereocenters. The van der Waals surface area contributed by atoms with Crippen LogP contribution < -0.4 is 4.90 Å². The predicted molar refractivity (Wildman–Crippen MR) is 78.0 cm³/mol. The number of anilines is 1. The van der Waals surface area contributed by atoms with Crippen LogP contribution in [-0.2, 0) is 5.88 Å². The maximum Gasteiger partial charge on any atom is 0.0474 e. The van der Waals surface area contributed by atoms with E-state index in [1.54, 1.807) is 0 Å². The summed E-state index contributed by atoms with van der Waals surface area (Å²) in [6, 6.07) is 8.62. The van der Waals surface area contributed by atoms with E-state index in [0.29, 0.717) is 5.88 Å². The Kier molecular flexibility index (Phi) is 7.11. The van der Waals surface area contributed by atoms with Crippen molar-refractivity contribution < 1.29 is 0 Å². The molecule has 17 heavy (non-hydrogen) atoms. The van der Waals surface area contributed by atoms with Crippen LogP contribution >= 0.6 is 11.6 Å². The molecular weight excluding hydrogens is 230 g/mol. The van der Waals surface area contributed by atoms with Crippen LogP contribution in [0.4, 0.5) is 5.69 Å². The molecule has 0 spiro atoms. The smallest absolute Gasteiger partial charge is 0.0474 e. The number of unbranched alkanes of at least 4 members (excludes halogenated alkanes) is 2. The van der Waals surface area contributed by atoms with Crippen molar-refractivity contribution in [1.82, 2.24) is 0 Å². The largest absolute Gasteiger partial charge is 0.372 e. The van der Waals surface area contributed by atoms with Crippen LogP contribution in [0.2, 0.25) is 0 Å². The first kappa shape index (κ1) is 14.4. The Bertz CT molecular complexity index is 304. The van der Waals surface area contributed by atoms with Gasteiger partial charge in [0.15, 0.2) is 0 Å². The fourth-order valence-corrected chi connectivity index (χ4v) is 2.07. The van der Waals surface area contributed by atoms with Crippen LogP contribution in [-0.4, -0.2) is 13.1 Å². The number of hydrogen-bond acceptors (Lipinski definition) is 1. The molecule has 1 nitrogen and oxygen atoms in total. The highest BCUT2D eigenvalue weighted by molar-refractivity contribution is 6.17. The van der Waals surface area contributed by atoms with Crippen LogP contribution in [0.5, 0.6) is 0 Å². The molecule has 2 heteroatoms. The lowest BCUT2D eigenvalue weighted by Crippen LogP contribution is -2.25. The molecule has 1 aromatic carbocycles. The average molecular weight is 254 g/mol.